The number of hydrogen-bond acceptors (Lipinski definition) is 4. The van der Waals surface area contributed by atoms with E-state index in [1.165, 1.54) is 0 Å². The molecule has 5 nitrogen and oxygen atoms in total. The van der Waals surface area contributed by atoms with Crippen LogP contribution in [0.15, 0.2) is 18.3 Å². The van der Waals surface area contributed by atoms with Gasteiger partial charge in [-0.3, -0.25) is 4.79 Å². The minimum Gasteiger partial charge on any atom is -0.356 e. The van der Waals surface area contributed by atoms with Crippen molar-refractivity contribution < 1.29 is 9.18 Å². The van der Waals surface area contributed by atoms with Gasteiger partial charge in [-0.05, 0) is 12.1 Å². The number of aromatic nitrogens is 1. The Labute approximate surface area is 136 Å². The van der Waals surface area contributed by atoms with Gasteiger partial charge in [0.2, 0.25) is 5.91 Å². The predicted octanol–water partition coefficient (Wildman–Crippen LogP) is 2.42. The van der Waals surface area contributed by atoms with Crippen molar-refractivity contribution in [2.24, 2.45) is 5.41 Å². The van der Waals surface area contributed by atoms with E-state index in [0.29, 0.717) is 37.3 Å². The summed E-state index contributed by atoms with van der Waals surface area (Å²) in [6.45, 7) is 6.51. The van der Waals surface area contributed by atoms with Crippen LogP contribution in [0.4, 0.5) is 10.2 Å². The third-order valence-corrected chi connectivity index (χ3v) is 4.11. The average molecular weight is 318 g/mol. The van der Waals surface area contributed by atoms with Gasteiger partial charge in [0.25, 0.3) is 0 Å². The molecule has 6 heteroatoms. The second kappa shape index (κ2) is 6.53. The van der Waals surface area contributed by atoms with E-state index in [2.05, 4.69) is 16.4 Å². The third-order valence-electron chi connectivity index (χ3n) is 4.11. The van der Waals surface area contributed by atoms with E-state index in [1.807, 2.05) is 25.7 Å². The van der Waals surface area contributed by atoms with E-state index < -0.39 is 11.1 Å². The maximum atomic E-state index is 14.8. The lowest BCUT2D eigenvalue weighted by Crippen LogP contribution is -2.50. The Morgan fingerprint density at radius 1 is 1.48 bits per heavy atom. The highest BCUT2D eigenvalue weighted by molar-refractivity contribution is 5.81. The largest absolute Gasteiger partial charge is 0.356 e. The first-order valence-corrected chi connectivity index (χ1v) is 7.82. The van der Waals surface area contributed by atoms with Gasteiger partial charge in [-0.25, -0.2) is 9.37 Å². The van der Waals surface area contributed by atoms with Crippen LogP contribution >= 0.6 is 0 Å². The molecule has 1 fully saturated rings. The van der Waals surface area contributed by atoms with Crippen LogP contribution in [0.3, 0.4) is 0 Å². The molecule has 1 N–H and O–H groups in total. The van der Waals surface area contributed by atoms with Gasteiger partial charge < -0.3 is 10.2 Å². The summed E-state index contributed by atoms with van der Waals surface area (Å²) in [5.41, 5.74) is -1.35. The first-order valence-electron chi connectivity index (χ1n) is 7.82. The van der Waals surface area contributed by atoms with Crippen molar-refractivity contribution in [3.8, 4) is 6.07 Å². The monoisotopic (exact) mass is 318 g/mol. The zero-order valence-corrected chi connectivity index (χ0v) is 13.9. The number of carbonyl (C=O) groups excluding carboxylic acids is 1. The Balaban J connectivity index is 1.92. The Hall–Kier alpha value is -2.16. The molecule has 0 saturated carbocycles. The van der Waals surface area contributed by atoms with Crippen molar-refractivity contribution in [1.82, 2.24) is 10.3 Å². The van der Waals surface area contributed by atoms with Crippen LogP contribution in [0.5, 0.6) is 0 Å². The average Bonchev–Trinajstić information content (AvgIpc) is 2.52. The molecule has 0 radical (unpaired) electrons. The summed E-state index contributed by atoms with van der Waals surface area (Å²) in [6.07, 6.45) is 2.25. The van der Waals surface area contributed by atoms with E-state index in [4.69, 9.17) is 5.26 Å². The fraction of sp³-hybridized carbons (Fsp3) is 0.588. The second-order valence-corrected chi connectivity index (χ2v) is 7.09. The van der Waals surface area contributed by atoms with Crippen LogP contribution in [0.25, 0.3) is 0 Å². The maximum absolute atomic E-state index is 14.8. The molecular formula is C17H23FN4O. The number of carbonyl (C=O) groups is 1. The van der Waals surface area contributed by atoms with E-state index in [1.54, 1.807) is 18.3 Å². The Kier molecular flexibility index (Phi) is 4.88. The number of hydrogen-bond donors (Lipinski definition) is 1. The van der Waals surface area contributed by atoms with Crippen LogP contribution in [0.2, 0.25) is 0 Å². The molecule has 2 heterocycles. The zero-order chi connectivity index (χ0) is 17.1. The fourth-order valence-electron chi connectivity index (χ4n) is 2.48. The van der Waals surface area contributed by atoms with Crippen LogP contribution in [0.1, 0.15) is 39.2 Å². The molecule has 0 unspecified atom stereocenters. The van der Waals surface area contributed by atoms with Crippen molar-refractivity contribution in [2.45, 2.75) is 39.3 Å². The lowest BCUT2D eigenvalue weighted by atomic mass is 9.91. The summed E-state index contributed by atoms with van der Waals surface area (Å²) < 4.78 is 14.8. The normalized spacial score (nSPS) is 17.4. The molecule has 1 aliphatic heterocycles. The summed E-state index contributed by atoms with van der Waals surface area (Å²) in [5, 5.41) is 11.6. The lowest BCUT2D eigenvalue weighted by molar-refractivity contribution is -0.129. The number of rotatable bonds is 3. The number of nitrogens with zero attached hydrogens (tertiary/aromatic N) is 3. The molecule has 1 aliphatic rings. The molecule has 124 valence electrons. The number of alkyl halides is 1. The lowest BCUT2D eigenvalue weighted by Gasteiger charge is -2.37. The highest BCUT2D eigenvalue weighted by Crippen LogP contribution is 2.28. The van der Waals surface area contributed by atoms with Crippen molar-refractivity contribution in [1.29, 1.82) is 5.26 Å². The first-order chi connectivity index (χ1) is 10.7. The van der Waals surface area contributed by atoms with Gasteiger partial charge in [-0.2, -0.15) is 5.26 Å². The Morgan fingerprint density at radius 3 is 2.70 bits per heavy atom. The first kappa shape index (κ1) is 17.2. The Bertz CT molecular complexity index is 610. The molecular weight excluding hydrogens is 295 g/mol. The van der Waals surface area contributed by atoms with Crippen LogP contribution < -0.4 is 10.2 Å². The number of amides is 1. The number of anilines is 1. The standard InChI is InChI=1S/C17H23FN4O/c1-16(2,3)15(23)21-12-17(18)5-8-22(9-6-17)14-10-13(11-19)4-7-20-14/h4,7,10H,5-6,8-9,12H2,1-3H3,(H,21,23). The van der Waals surface area contributed by atoms with Gasteiger partial charge in [0.05, 0.1) is 18.2 Å². The summed E-state index contributed by atoms with van der Waals surface area (Å²) in [4.78, 5) is 18.1. The SMILES string of the molecule is CC(C)(C)C(=O)NCC1(F)CCN(c2cc(C#N)ccn2)CC1. The summed E-state index contributed by atoms with van der Waals surface area (Å²) in [7, 11) is 0. The van der Waals surface area contributed by atoms with Crippen LogP contribution in [0, 0.1) is 16.7 Å². The summed E-state index contributed by atoms with van der Waals surface area (Å²) in [6, 6.07) is 5.44. The maximum Gasteiger partial charge on any atom is 0.225 e. The predicted molar refractivity (Wildman–Crippen MR) is 86.7 cm³/mol. The van der Waals surface area contributed by atoms with E-state index in [9.17, 15) is 9.18 Å². The molecule has 2 rings (SSSR count). The van der Waals surface area contributed by atoms with Gasteiger partial charge in [0.1, 0.15) is 11.5 Å². The minimum atomic E-state index is -1.38. The van der Waals surface area contributed by atoms with Gasteiger partial charge in [0.15, 0.2) is 0 Å². The smallest absolute Gasteiger partial charge is 0.225 e. The second-order valence-electron chi connectivity index (χ2n) is 7.09. The van der Waals surface area contributed by atoms with Gasteiger partial charge >= 0.3 is 0 Å². The zero-order valence-electron chi connectivity index (χ0n) is 13.9. The number of nitrogens with one attached hydrogen (secondary N) is 1. The molecule has 23 heavy (non-hydrogen) atoms. The third kappa shape index (κ3) is 4.41. The highest BCUT2D eigenvalue weighted by atomic mass is 19.1. The van der Waals surface area contributed by atoms with Crippen molar-refractivity contribution >= 4 is 11.7 Å². The quantitative estimate of drug-likeness (QED) is 0.929. The number of pyridine rings is 1. The van der Waals surface area contributed by atoms with E-state index in [-0.39, 0.29) is 12.5 Å². The van der Waals surface area contributed by atoms with Gasteiger partial charge in [0, 0.05) is 37.5 Å². The molecule has 0 aliphatic carbocycles. The molecule has 1 amide bonds. The summed E-state index contributed by atoms with van der Waals surface area (Å²) >= 11 is 0. The highest BCUT2D eigenvalue weighted by Gasteiger charge is 2.36. The summed E-state index contributed by atoms with van der Waals surface area (Å²) in [5.74, 6) is 0.560. The van der Waals surface area contributed by atoms with Crippen molar-refractivity contribution in [2.75, 3.05) is 24.5 Å². The topological polar surface area (TPSA) is 69.0 Å². The van der Waals surface area contributed by atoms with Crippen LogP contribution in [-0.4, -0.2) is 36.2 Å². The van der Waals surface area contributed by atoms with E-state index in [0.717, 1.165) is 0 Å². The Morgan fingerprint density at radius 2 is 2.13 bits per heavy atom. The van der Waals surface area contributed by atoms with Crippen LogP contribution in [-0.2, 0) is 4.79 Å². The number of halogens is 1. The molecule has 0 spiro atoms. The molecule has 0 aromatic carbocycles. The van der Waals surface area contributed by atoms with Gasteiger partial charge in [-0.1, -0.05) is 20.8 Å². The molecule has 1 aromatic heterocycles. The molecule has 1 aromatic rings. The molecule has 0 bridgehead atoms. The number of piperidine rings is 1. The van der Waals surface area contributed by atoms with E-state index >= 15 is 0 Å². The molecule has 1 saturated heterocycles. The fourth-order valence-corrected chi connectivity index (χ4v) is 2.48. The molecule has 0 atom stereocenters. The van der Waals surface area contributed by atoms with Gasteiger partial charge in [-0.15, -0.1) is 0 Å². The van der Waals surface area contributed by atoms with Crippen molar-refractivity contribution in [3.63, 3.8) is 0 Å². The number of nitriles is 1. The van der Waals surface area contributed by atoms with Crippen molar-refractivity contribution in [3.05, 3.63) is 23.9 Å². The minimum absolute atomic E-state index is 0.0443.